The number of benzene rings is 3. The van der Waals surface area contributed by atoms with Crippen molar-refractivity contribution in [1.29, 1.82) is 0 Å². The fourth-order valence-corrected chi connectivity index (χ4v) is 3.66. The molecule has 0 atom stereocenters. The van der Waals surface area contributed by atoms with Crippen LogP contribution in [-0.2, 0) is 16.1 Å². The number of carbonyl (C=O) groups is 2. The Bertz CT molecular complexity index is 1370. The maximum atomic E-state index is 12.4. The predicted octanol–water partition coefficient (Wildman–Crippen LogP) is 6.20. The molecule has 1 aromatic heterocycles. The first-order valence-corrected chi connectivity index (χ1v) is 11.9. The summed E-state index contributed by atoms with van der Waals surface area (Å²) in [7, 11) is 0. The van der Waals surface area contributed by atoms with Crippen LogP contribution in [0.25, 0.3) is 34.0 Å². The van der Waals surface area contributed by atoms with Crippen LogP contribution in [-0.4, -0.2) is 44.4 Å². The van der Waals surface area contributed by atoms with Crippen LogP contribution in [0, 0.1) is 6.92 Å². The highest BCUT2D eigenvalue weighted by atomic mass is 16.6. The Labute approximate surface area is 215 Å². The molecule has 4 aromatic rings. The van der Waals surface area contributed by atoms with E-state index < -0.39 is 24.2 Å². The van der Waals surface area contributed by atoms with Crippen molar-refractivity contribution in [3.63, 3.8) is 0 Å². The Hall–Kier alpha value is -4.46. The van der Waals surface area contributed by atoms with Crippen LogP contribution < -0.4 is 0 Å². The average Bonchev–Trinajstić information content (AvgIpc) is 3.34. The van der Waals surface area contributed by atoms with E-state index in [4.69, 9.17) is 9.26 Å². The molecule has 0 aliphatic heterocycles. The van der Waals surface area contributed by atoms with Crippen molar-refractivity contribution >= 4 is 12.1 Å². The smallest absolute Gasteiger partial charge is 0.411 e. The van der Waals surface area contributed by atoms with Gasteiger partial charge in [-0.15, -0.1) is 0 Å². The maximum absolute atomic E-state index is 12.4. The molecule has 0 saturated carbocycles. The zero-order valence-electron chi connectivity index (χ0n) is 21.3. The molecule has 1 heterocycles. The number of amides is 1. The molecule has 0 spiro atoms. The number of carbonyl (C=O) groups excluding carboxylic acids is 1. The third-order valence-electron chi connectivity index (χ3n) is 5.51. The van der Waals surface area contributed by atoms with Crippen molar-refractivity contribution in [1.82, 2.24) is 15.0 Å². The second-order valence-corrected chi connectivity index (χ2v) is 9.79. The second kappa shape index (κ2) is 10.7. The zero-order valence-corrected chi connectivity index (χ0v) is 21.3. The number of hydrogen-bond donors (Lipinski definition) is 1. The number of carboxylic acids is 1. The van der Waals surface area contributed by atoms with Crippen LogP contribution in [0.2, 0.25) is 0 Å². The number of aliphatic carboxylic acids is 1. The van der Waals surface area contributed by atoms with E-state index in [1.807, 2.05) is 24.3 Å². The van der Waals surface area contributed by atoms with E-state index in [0.29, 0.717) is 11.7 Å². The number of carboxylic acid groups (broad SMARTS) is 1. The minimum absolute atomic E-state index is 0.0896. The second-order valence-electron chi connectivity index (χ2n) is 9.79. The summed E-state index contributed by atoms with van der Waals surface area (Å²) in [6, 6.07) is 23.5. The van der Waals surface area contributed by atoms with E-state index in [1.165, 1.54) is 5.56 Å². The molecule has 0 fully saturated rings. The van der Waals surface area contributed by atoms with Crippen molar-refractivity contribution in [2.24, 2.45) is 0 Å². The van der Waals surface area contributed by atoms with E-state index in [1.54, 1.807) is 45.0 Å². The molecule has 1 N–H and O–H groups in total. The van der Waals surface area contributed by atoms with E-state index in [9.17, 15) is 14.7 Å². The van der Waals surface area contributed by atoms with E-state index >= 15 is 0 Å². The van der Waals surface area contributed by atoms with Crippen LogP contribution in [0.1, 0.15) is 31.9 Å². The Balaban J connectivity index is 1.46. The van der Waals surface area contributed by atoms with Crippen molar-refractivity contribution in [2.45, 2.75) is 39.8 Å². The summed E-state index contributed by atoms with van der Waals surface area (Å²) in [6.45, 7) is 6.88. The molecule has 8 heteroatoms. The van der Waals surface area contributed by atoms with Gasteiger partial charge in [-0.2, -0.15) is 4.98 Å². The molecule has 0 aliphatic rings. The Morgan fingerprint density at radius 1 is 0.865 bits per heavy atom. The van der Waals surface area contributed by atoms with Crippen LogP contribution >= 0.6 is 0 Å². The minimum Gasteiger partial charge on any atom is -0.480 e. The summed E-state index contributed by atoms with van der Waals surface area (Å²) in [6.07, 6.45) is -0.685. The summed E-state index contributed by atoms with van der Waals surface area (Å²) >= 11 is 0. The fraction of sp³-hybridized carbons (Fsp3) is 0.241. The van der Waals surface area contributed by atoms with Gasteiger partial charge < -0.3 is 14.4 Å². The highest BCUT2D eigenvalue weighted by Crippen LogP contribution is 2.26. The molecular weight excluding hydrogens is 470 g/mol. The minimum atomic E-state index is -1.12. The van der Waals surface area contributed by atoms with E-state index in [2.05, 4.69) is 41.3 Å². The SMILES string of the molecule is Cc1ccc(-c2ccc(-c3nc(-c4ccc(CN(CC(=O)O)C(=O)OC(C)(C)C)cc4)no3)cc2)cc1. The largest absolute Gasteiger partial charge is 0.480 e. The summed E-state index contributed by atoms with van der Waals surface area (Å²) in [5, 5.41) is 13.3. The molecule has 4 rings (SSSR count). The number of aromatic nitrogens is 2. The van der Waals surface area contributed by atoms with E-state index in [-0.39, 0.29) is 6.54 Å². The van der Waals surface area contributed by atoms with Crippen LogP contribution in [0.5, 0.6) is 0 Å². The van der Waals surface area contributed by atoms with Crippen molar-refractivity contribution in [3.05, 3.63) is 83.9 Å². The molecule has 0 bridgehead atoms. The van der Waals surface area contributed by atoms with Crippen LogP contribution in [0.4, 0.5) is 4.79 Å². The normalized spacial score (nSPS) is 11.2. The van der Waals surface area contributed by atoms with Gasteiger partial charge in [-0.1, -0.05) is 71.4 Å². The molecule has 3 aromatic carbocycles. The lowest BCUT2D eigenvalue weighted by Crippen LogP contribution is -2.39. The molecule has 190 valence electrons. The van der Waals surface area contributed by atoms with E-state index in [0.717, 1.165) is 32.7 Å². The van der Waals surface area contributed by atoms with Gasteiger partial charge in [-0.25, -0.2) is 4.79 Å². The van der Waals surface area contributed by atoms with Gasteiger partial charge >= 0.3 is 12.1 Å². The standard InChI is InChI=1S/C29H29N3O5/c1-19-5-9-21(10-6-19)22-13-15-24(16-14-22)27-30-26(31-37-27)23-11-7-20(8-12-23)17-32(18-25(33)34)28(35)36-29(2,3)4/h5-16H,17-18H2,1-4H3,(H,33,34). The molecular formula is C29H29N3O5. The zero-order chi connectivity index (χ0) is 26.6. The predicted molar refractivity (Wildman–Crippen MR) is 140 cm³/mol. The van der Waals surface area contributed by atoms with Crippen molar-refractivity contribution in [3.8, 4) is 34.0 Å². The van der Waals surface area contributed by atoms with Gasteiger partial charge in [-0.3, -0.25) is 9.69 Å². The third kappa shape index (κ3) is 6.82. The van der Waals surface area contributed by atoms with Gasteiger partial charge in [0.05, 0.1) is 0 Å². The topological polar surface area (TPSA) is 106 Å². The first-order valence-electron chi connectivity index (χ1n) is 11.9. The first kappa shape index (κ1) is 25.6. The molecule has 0 saturated heterocycles. The lowest BCUT2D eigenvalue weighted by molar-refractivity contribution is -0.138. The quantitative estimate of drug-likeness (QED) is 0.323. The number of aryl methyl sites for hydroxylation is 1. The van der Waals surface area contributed by atoms with Gasteiger partial charge in [0.25, 0.3) is 5.89 Å². The van der Waals surface area contributed by atoms with Crippen LogP contribution in [0.3, 0.4) is 0 Å². The van der Waals surface area contributed by atoms with Gasteiger partial charge in [0.1, 0.15) is 12.1 Å². The summed E-state index contributed by atoms with van der Waals surface area (Å²) in [4.78, 5) is 29.4. The number of rotatable bonds is 7. The van der Waals surface area contributed by atoms with Gasteiger partial charge in [0.15, 0.2) is 0 Å². The highest BCUT2D eigenvalue weighted by Gasteiger charge is 2.24. The van der Waals surface area contributed by atoms with Crippen LogP contribution in [0.15, 0.2) is 77.3 Å². The van der Waals surface area contributed by atoms with Crippen molar-refractivity contribution < 1.29 is 24.0 Å². The molecule has 1 amide bonds. The Kier molecular flexibility index (Phi) is 7.38. The van der Waals surface area contributed by atoms with Crippen molar-refractivity contribution in [2.75, 3.05) is 6.54 Å². The lowest BCUT2D eigenvalue weighted by Gasteiger charge is -2.26. The fourth-order valence-electron chi connectivity index (χ4n) is 3.66. The van der Waals surface area contributed by atoms with Gasteiger partial charge in [0.2, 0.25) is 5.82 Å². The number of ether oxygens (including phenoxy) is 1. The Morgan fingerprint density at radius 2 is 1.41 bits per heavy atom. The first-order chi connectivity index (χ1) is 17.6. The maximum Gasteiger partial charge on any atom is 0.411 e. The summed E-state index contributed by atoms with van der Waals surface area (Å²) < 4.78 is 10.8. The molecule has 37 heavy (non-hydrogen) atoms. The lowest BCUT2D eigenvalue weighted by atomic mass is 10.0. The molecule has 0 aliphatic carbocycles. The monoisotopic (exact) mass is 499 g/mol. The summed E-state index contributed by atoms with van der Waals surface area (Å²) in [5.74, 6) is -0.278. The van der Waals surface area contributed by atoms with Gasteiger partial charge in [0, 0.05) is 17.7 Å². The summed E-state index contributed by atoms with van der Waals surface area (Å²) in [5.41, 5.74) is 5.01. The molecule has 0 radical (unpaired) electrons. The Morgan fingerprint density at radius 3 is 1.97 bits per heavy atom. The average molecular weight is 500 g/mol. The molecule has 0 unspecified atom stereocenters. The molecule has 8 nitrogen and oxygen atoms in total. The third-order valence-corrected chi connectivity index (χ3v) is 5.51. The highest BCUT2D eigenvalue weighted by molar-refractivity contribution is 5.77. The number of nitrogens with zero attached hydrogens (tertiary/aromatic N) is 3. The number of hydrogen-bond acceptors (Lipinski definition) is 6. The van der Waals surface area contributed by atoms with Gasteiger partial charge in [-0.05, 0) is 56.5 Å².